The Hall–Kier alpha value is 1.43. The molecule has 0 heterocycles. The Kier molecular flexibility index (Phi) is 10.5. The van der Waals surface area contributed by atoms with Crippen LogP contribution in [-0.4, -0.2) is 35.4 Å². The molecule has 0 fully saturated rings. The zero-order chi connectivity index (χ0) is 3.58. The molecule has 0 aliphatic rings. The van der Waals surface area contributed by atoms with Crippen LogP contribution in [0.25, 0.3) is 0 Å². The largest absolute Gasteiger partial charge is 0.170 e. The minimum atomic E-state index is -0.407. The molecule has 0 spiro atoms. The van der Waals surface area contributed by atoms with Crippen molar-refractivity contribution in [3.63, 3.8) is 0 Å². The molecule has 0 atom stereocenters. The van der Waals surface area contributed by atoms with Gasteiger partial charge in [-0.15, -0.1) is 0 Å². The molecule has 29 valence electrons. The molecule has 0 aliphatic carbocycles. The number of hydrogen-bond donors (Lipinski definition) is 0. The molecular weight excluding hydrogens is 295 g/mol. The molecule has 0 aliphatic heterocycles. The van der Waals surface area contributed by atoms with Crippen molar-refractivity contribution in [3.8, 4) is 0 Å². The quantitative estimate of drug-likeness (QED) is 0.464. The molecule has 0 saturated heterocycles. The second kappa shape index (κ2) is 5.43. The molecule has 0 bridgehead atoms. The zero-order valence-corrected chi connectivity index (χ0v) is 9.02. The van der Waals surface area contributed by atoms with E-state index in [1.165, 1.54) is 0 Å². The number of halogens is 1. The third-order valence-corrected chi connectivity index (χ3v) is 0. The Morgan fingerprint density at radius 3 is 1.40 bits per heavy atom. The van der Waals surface area contributed by atoms with E-state index in [1.54, 1.807) is 0 Å². The van der Waals surface area contributed by atoms with Gasteiger partial charge in [0, 0.05) is 27.3 Å². The van der Waals surface area contributed by atoms with Crippen LogP contribution in [0.1, 0.15) is 0 Å². The second-order valence-electron chi connectivity index (χ2n) is 0.878. The van der Waals surface area contributed by atoms with E-state index in [0.29, 0.717) is 0 Å². The van der Waals surface area contributed by atoms with E-state index in [9.17, 15) is 0 Å². The third kappa shape index (κ3) is 31.3. The molecule has 5 radical (unpaired) electrons. The van der Waals surface area contributed by atoms with Crippen LogP contribution in [0.3, 0.4) is 0 Å². The maximum Gasteiger partial charge on any atom is 0.158 e. The Labute approximate surface area is 59.4 Å². The summed E-state index contributed by atoms with van der Waals surface area (Å²) in [5.74, 6) is 0. The van der Waals surface area contributed by atoms with E-state index >= 15 is 0 Å². The Morgan fingerprint density at radius 2 is 1.40 bits per heavy atom. The van der Waals surface area contributed by atoms with Gasteiger partial charge in [0.2, 0.25) is 0 Å². The summed E-state index contributed by atoms with van der Waals surface area (Å²) in [5, 5.41) is 0. The third-order valence-electron chi connectivity index (χ3n) is 0. The van der Waals surface area contributed by atoms with Gasteiger partial charge in [0.05, 0.1) is 0 Å². The minimum Gasteiger partial charge on any atom is -0.170 e. The first-order valence-corrected chi connectivity index (χ1v) is 4.70. The van der Waals surface area contributed by atoms with Crippen molar-refractivity contribution in [1.82, 2.24) is 0 Å². The summed E-state index contributed by atoms with van der Waals surface area (Å²) in [6.45, 7) is 4.07. The molecule has 0 N–H and O–H groups in total. The normalized spacial score (nSPS) is 7.20. The standard InChI is InChI=1S/C2H6ClSi.Pb/c1-4(2)3;/h1-2H3;. The minimum absolute atomic E-state index is 0. The van der Waals surface area contributed by atoms with Gasteiger partial charge in [-0.25, -0.2) is 0 Å². The Morgan fingerprint density at radius 1 is 1.40 bits per heavy atom. The summed E-state index contributed by atoms with van der Waals surface area (Å²) in [4.78, 5) is 0. The molecule has 0 amide bonds. The summed E-state index contributed by atoms with van der Waals surface area (Å²) in [6, 6.07) is 0. The molecule has 0 aromatic heterocycles. The molecule has 0 aromatic rings. The molecule has 0 unspecified atom stereocenters. The number of rotatable bonds is 0. The first-order chi connectivity index (χ1) is 1.73. The molecular formula is C2H6ClPbSi. The van der Waals surface area contributed by atoms with Crippen LogP contribution in [0.5, 0.6) is 0 Å². The van der Waals surface area contributed by atoms with E-state index in [4.69, 9.17) is 11.1 Å². The van der Waals surface area contributed by atoms with E-state index in [1.807, 2.05) is 13.1 Å². The van der Waals surface area contributed by atoms with Crippen LogP contribution >= 0.6 is 11.1 Å². The molecule has 0 rings (SSSR count). The van der Waals surface area contributed by atoms with Crippen molar-refractivity contribution >= 4 is 46.5 Å². The van der Waals surface area contributed by atoms with E-state index in [-0.39, 0.29) is 27.3 Å². The van der Waals surface area contributed by atoms with Crippen LogP contribution in [0, 0.1) is 0 Å². The van der Waals surface area contributed by atoms with Crippen molar-refractivity contribution in [2.45, 2.75) is 13.1 Å². The fourth-order valence-corrected chi connectivity index (χ4v) is 0. The van der Waals surface area contributed by atoms with Gasteiger partial charge in [-0.2, -0.15) is 11.1 Å². The van der Waals surface area contributed by atoms with Crippen LogP contribution < -0.4 is 0 Å². The predicted molar refractivity (Wildman–Crippen MR) is 29.1 cm³/mol. The maximum absolute atomic E-state index is 5.38. The molecule has 0 nitrogen and oxygen atoms in total. The fraction of sp³-hybridized carbons (Fsp3) is 1.00. The summed E-state index contributed by atoms with van der Waals surface area (Å²) in [7, 11) is -0.407. The van der Waals surface area contributed by atoms with Gasteiger partial charge < -0.3 is 0 Å². The van der Waals surface area contributed by atoms with Gasteiger partial charge in [0.25, 0.3) is 0 Å². The van der Waals surface area contributed by atoms with Gasteiger partial charge in [-0.1, -0.05) is 13.1 Å². The monoisotopic (exact) mass is 301 g/mol. The Bertz CT molecular complexity index is 14.4. The van der Waals surface area contributed by atoms with Crippen LogP contribution in [-0.2, 0) is 0 Å². The van der Waals surface area contributed by atoms with Gasteiger partial charge >= 0.3 is 0 Å². The van der Waals surface area contributed by atoms with Gasteiger partial charge in [0.15, 0.2) is 8.11 Å². The van der Waals surface area contributed by atoms with Gasteiger partial charge in [0.1, 0.15) is 0 Å². The summed E-state index contributed by atoms with van der Waals surface area (Å²) < 4.78 is 0. The SMILES string of the molecule is C[Si](C)Cl.[Pb]. The second-order valence-corrected chi connectivity index (χ2v) is 4.90. The van der Waals surface area contributed by atoms with Crippen molar-refractivity contribution < 1.29 is 0 Å². The van der Waals surface area contributed by atoms with Crippen LogP contribution in [0.2, 0.25) is 13.1 Å². The number of hydrogen-bond acceptors (Lipinski definition) is 0. The molecule has 3 heteroatoms. The Balaban J connectivity index is 0. The molecule has 0 aromatic carbocycles. The van der Waals surface area contributed by atoms with Crippen molar-refractivity contribution in [1.29, 1.82) is 0 Å². The van der Waals surface area contributed by atoms with Crippen LogP contribution in [0.15, 0.2) is 0 Å². The topological polar surface area (TPSA) is 0 Å². The average molecular weight is 301 g/mol. The molecule has 0 saturated carbocycles. The maximum atomic E-state index is 5.38. The average Bonchev–Trinajstić information content (AvgIpc) is 0.811. The summed E-state index contributed by atoms with van der Waals surface area (Å²) in [5.41, 5.74) is 0. The van der Waals surface area contributed by atoms with E-state index in [2.05, 4.69) is 0 Å². The molecule has 5 heavy (non-hydrogen) atoms. The first kappa shape index (κ1) is 9.66. The van der Waals surface area contributed by atoms with Crippen molar-refractivity contribution in [3.05, 3.63) is 0 Å². The van der Waals surface area contributed by atoms with Crippen molar-refractivity contribution in [2.24, 2.45) is 0 Å². The summed E-state index contributed by atoms with van der Waals surface area (Å²) >= 11 is 5.38. The van der Waals surface area contributed by atoms with Crippen LogP contribution in [0.4, 0.5) is 0 Å². The first-order valence-electron chi connectivity index (χ1n) is 1.19. The zero-order valence-electron chi connectivity index (χ0n) is 3.38. The van der Waals surface area contributed by atoms with E-state index < -0.39 is 8.11 Å². The predicted octanol–water partition coefficient (Wildman–Crippen LogP) is 1.10. The van der Waals surface area contributed by atoms with Gasteiger partial charge in [-0.05, 0) is 0 Å². The van der Waals surface area contributed by atoms with Crippen molar-refractivity contribution in [2.75, 3.05) is 0 Å². The van der Waals surface area contributed by atoms with E-state index in [0.717, 1.165) is 0 Å². The van der Waals surface area contributed by atoms with Gasteiger partial charge in [-0.3, -0.25) is 0 Å². The summed E-state index contributed by atoms with van der Waals surface area (Å²) in [6.07, 6.45) is 0. The smallest absolute Gasteiger partial charge is 0.158 e. The fourth-order valence-electron chi connectivity index (χ4n) is 0.